The van der Waals surface area contributed by atoms with Crippen molar-refractivity contribution >= 4 is 23.4 Å². The van der Waals surface area contributed by atoms with Gasteiger partial charge < -0.3 is 10.6 Å². The number of nitrogens with zero attached hydrogens (tertiary/aromatic N) is 5. The van der Waals surface area contributed by atoms with Crippen LogP contribution in [0.4, 0.5) is 19.0 Å². The largest absolute Gasteiger partial charge is 0.433 e. The summed E-state index contributed by atoms with van der Waals surface area (Å²) in [6, 6.07) is 13.1. The average Bonchev–Trinajstić information content (AvgIpc) is 3.43. The van der Waals surface area contributed by atoms with Crippen LogP contribution in [-0.2, 0) is 11.0 Å². The lowest BCUT2D eigenvalue weighted by atomic mass is 9.98. The summed E-state index contributed by atoms with van der Waals surface area (Å²) in [5.74, 6) is 0.775. The molecule has 1 unspecified atom stereocenters. The number of hydrogen-bond donors (Lipinski definition) is 1. The van der Waals surface area contributed by atoms with Crippen molar-refractivity contribution in [1.29, 1.82) is 0 Å². The molecule has 1 fully saturated rings. The number of nitrogens with two attached hydrogens (primary N) is 1. The number of likely N-dealkylation sites (tertiary alicyclic amines) is 1. The number of halogens is 3. The monoisotopic (exact) mass is 452 g/mol. The van der Waals surface area contributed by atoms with Crippen molar-refractivity contribution in [2.45, 2.75) is 18.5 Å². The number of rotatable bonds is 4. The van der Waals surface area contributed by atoms with E-state index >= 15 is 0 Å². The first-order valence-electron chi connectivity index (χ1n) is 10.3. The number of benzene rings is 1. The molecule has 4 heterocycles. The number of carbonyl (C=O) groups excluding carboxylic acids is 1. The van der Waals surface area contributed by atoms with E-state index in [-0.39, 0.29) is 17.4 Å². The molecule has 1 aromatic carbocycles. The zero-order valence-corrected chi connectivity index (χ0v) is 17.3. The van der Waals surface area contributed by atoms with E-state index < -0.39 is 11.9 Å². The van der Waals surface area contributed by atoms with Gasteiger partial charge in [0.1, 0.15) is 17.0 Å². The molecule has 0 aliphatic carbocycles. The molecule has 1 aliphatic rings. The van der Waals surface area contributed by atoms with Crippen LogP contribution in [0.25, 0.3) is 28.2 Å². The Morgan fingerprint density at radius 1 is 1.06 bits per heavy atom. The van der Waals surface area contributed by atoms with Crippen molar-refractivity contribution in [3.05, 3.63) is 66.0 Å². The van der Waals surface area contributed by atoms with Gasteiger partial charge in [-0.1, -0.05) is 12.1 Å². The number of amides is 1. The van der Waals surface area contributed by atoms with Gasteiger partial charge in [0.25, 0.3) is 0 Å². The molecule has 4 aromatic rings. The quantitative estimate of drug-likeness (QED) is 0.472. The number of hydrogen-bond acceptors (Lipinski definition) is 5. The van der Waals surface area contributed by atoms with E-state index in [2.05, 4.69) is 15.0 Å². The number of carbonyl (C=O) groups is 1. The number of imidazole rings is 1. The standard InChI is InChI=1S/C23H19F3N6O/c24-23(25,26)19-8-7-18-22(30-19)32(21(29-18)17-2-1-10-28-20(17)27)16-5-3-14(4-6-16)15-9-11-31(12-15)13-33/h1-8,10,13,15H,9,11-12H2,(H2,27,28). The number of anilines is 1. The summed E-state index contributed by atoms with van der Waals surface area (Å²) in [7, 11) is 0. The van der Waals surface area contributed by atoms with Crippen molar-refractivity contribution in [2.24, 2.45) is 0 Å². The molecular formula is C23H19F3N6O. The summed E-state index contributed by atoms with van der Waals surface area (Å²) in [6.45, 7) is 1.35. The van der Waals surface area contributed by atoms with Crippen LogP contribution < -0.4 is 5.73 Å². The molecule has 0 saturated carbocycles. The highest BCUT2D eigenvalue weighted by Gasteiger charge is 2.33. The minimum atomic E-state index is -4.59. The van der Waals surface area contributed by atoms with Crippen LogP contribution in [0.5, 0.6) is 0 Å². The minimum absolute atomic E-state index is 0.0730. The third-order valence-electron chi connectivity index (χ3n) is 5.87. The zero-order valence-electron chi connectivity index (χ0n) is 17.3. The number of aromatic nitrogens is 4. The fraction of sp³-hybridized carbons (Fsp3) is 0.217. The van der Waals surface area contributed by atoms with Gasteiger partial charge >= 0.3 is 6.18 Å². The highest BCUT2D eigenvalue weighted by Crippen LogP contribution is 2.34. The van der Waals surface area contributed by atoms with Gasteiger partial charge in [0, 0.05) is 30.9 Å². The number of alkyl halides is 3. The molecule has 7 nitrogen and oxygen atoms in total. The first kappa shape index (κ1) is 20.9. The third-order valence-corrected chi connectivity index (χ3v) is 5.87. The normalized spacial score (nSPS) is 16.5. The van der Waals surface area contributed by atoms with Crippen molar-refractivity contribution in [1.82, 2.24) is 24.4 Å². The fourth-order valence-corrected chi connectivity index (χ4v) is 4.20. The highest BCUT2D eigenvalue weighted by atomic mass is 19.4. The molecule has 2 N–H and O–H groups in total. The van der Waals surface area contributed by atoms with E-state index in [1.165, 1.54) is 12.3 Å². The van der Waals surface area contributed by atoms with Crippen molar-refractivity contribution in [3.63, 3.8) is 0 Å². The molecule has 1 saturated heterocycles. The maximum Gasteiger partial charge on any atom is 0.433 e. The van der Waals surface area contributed by atoms with E-state index in [1.54, 1.807) is 21.6 Å². The Bertz CT molecular complexity index is 1330. The molecule has 1 atom stereocenters. The molecule has 168 valence electrons. The Kier molecular flexibility index (Phi) is 4.99. The highest BCUT2D eigenvalue weighted by molar-refractivity contribution is 5.82. The number of fused-ring (bicyclic) bond motifs is 1. The Balaban J connectivity index is 1.66. The predicted octanol–water partition coefficient (Wildman–Crippen LogP) is 4.03. The minimum Gasteiger partial charge on any atom is -0.383 e. The maximum atomic E-state index is 13.4. The van der Waals surface area contributed by atoms with Gasteiger partial charge in [-0.05, 0) is 48.4 Å². The first-order valence-corrected chi connectivity index (χ1v) is 10.3. The lowest BCUT2D eigenvalue weighted by Gasteiger charge is -2.14. The summed E-state index contributed by atoms with van der Waals surface area (Å²) in [6.07, 6.45) is -1.35. The van der Waals surface area contributed by atoms with E-state index in [4.69, 9.17) is 5.73 Å². The molecule has 0 bridgehead atoms. The Morgan fingerprint density at radius 3 is 2.52 bits per heavy atom. The van der Waals surface area contributed by atoms with E-state index in [9.17, 15) is 18.0 Å². The summed E-state index contributed by atoms with van der Waals surface area (Å²) in [5, 5.41) is 0. The summed E-state index contributed by atoms with van der Waals surface area (Å²) in [5.41, 5.74) is 7.58. The zero-order chi connectivity index (χ0) is 23.2. The molecule has 10 heteroatoms. The first-order chi connectivity index (χ1) is 15.8. The smallest absolute Gasteiger partial charge is 0.383 e. The van der Waals surface area contributed by atoms with Crippen LogP contribution >= 0.6 is 0 Å². The van der Waals surface area contributed by atoms with Crippen LogP contribution in [0.1, 0.15) is 23.6 Å². The van der Waals surface area contributed by atoms with Crippen LogP contribution in [0.2, 0.25) is 0 Å². The molecule has 0 spiro atoms. The molecule has 1 aliphatic heterocycles. The van der Waals surface area contributed by atoms with Crippen LogP contribution in [0, 0.1) is 0 Å². The second kappa shape index (κ2) is 7.88. The lowest BCUT2D eigenvalue weighted by Crippen LogP contribution is -2.17. The van der Waals surface area contributed by atoms with E-state index in [0.717, 1.165) is 24.5 Å². The van der Waals surface area contributed by atoms with Gasteiger partial charge in [0.2, 0.25) is 6.41 Å². The van der Waals surface area contributed by atoms with Gasteiger partial charge in [-0.25, -0.2) is 15.0 Å². The van der Waals surface area contributed by atoms with Gasteiger partial charge in [0.15, 0.2) is 11.5 Å². The second-order valence-electron chi connectivity index (χ2n) is 7.92. The molecule has 0 radical (unpaired) electrons. The average molecular weight is 452 g/mol. The third kappa shape index (κ3) is 3.77. The summed E-state index contributed by atoms with van der Waals surface area (Å²) in [4.78, 5) is 25.3. The molecular weight excluding hydrogens is 433 g/mol. The molecule has 3 aromatic heterocycles. The van der Waals surface area contributed by atoms with Crippen LogP contribution in [0.15, 0.2) is 54.7 Å². The Morgan fingerprint density at radius 2 is 1.85 bits per heavy atom. The van der Waals surface area contributed by atoms with Gasteiger partial charge in [-0.2, -0.15) is 13.2 Å². The predicted molar refractivity (Wildman–Crippen MR) is 117 cm³/mol. The topological polar surface area (TPSA) is 89.9 Å². The summed E-state index contributed by atoms with van der Waals surface area (Å²) < 4.78 is 41.7. The molecule has 33 heavy (non-hydrogen) atoms. The van der Waals surface area contributed by atoms with Crippen molar-refractivity contribution in [3.8, 4) is 17.1 Å². The van der Waals surface area contributed by atoms with Gasteiger partial charge in [-0.15, -0.1) is 0 Å². The van der Waals surface area contributed by atoms with E-state index in [0.29, 0.717) is 35.7 Å². The van der Waals surface area contributed by atoms with Gasteiger partial charge in [0.05, 0.1) is 5.56 Å². The fourth-order valence-electron chi connectivity index (χ4n) is 4.20. The second-order valence-corrected chi connectivity index (χ2v) is 7.92. The van der Waals surface area contributed by atoms with Crippen LogP contribution in [-0.4, -0.2) is 43.9 Å². The maximum absolute atomic E-state index is 13.4. The molecule has 5 rings (SSSR count). The molecule has 1 amide bonds. The van der Waals surface area contributed by atoms with Crippen molar-refractivity contribution in [2.75, 3.05) is 18.8 Å². The lowest BCUT2D eigenvalue weighted by molar-refractivity contribution is -0.141. The number of pyridine rings is 2. The van der Waals surface area contributed by atoms with Crippen LogP contribution in [0.3, 0.4) is 0 Å². The Hall–Kier alpha value is -3.95. The SMILES string of the molecule is Nc1ncccc1-c1nc2ccc(C(F)(F)F)nc2n1-c1ccc(C2CCN(C=O)C2)cc1. The Labute approximate surface area is 186 Å². The summed E-state index contributed by atoms with van der Waals surface area (Å²) >= 11 is 0. The van der Waals surface area contributed by atoms with Gasteiger partial charge in [-0.3, -0.25) is 9.36 Å². The van der Waals surface area contributed by atoms with E-state index in [1.807, 2.05) is 24.3 Å². The number of nitrogen functional groups attached to an aromatic ring is 1. The van der Waals surface area contributed by atoms with Crippen molar-refractivity contribution < 1.29 is 18.0 Å².